The van der Waals surface area contributed by atoms with Crippen molar-refractivity contribution in [3.63, 3.8) is 0 Å². The van der Waals surface area contributed by atoms with Crippen LogP contribution in [0.1, 0.15) is 33.1 Å². The Morgan fingerprint density at radius 1 is 1.29 bits per heavy atom. The predicted molar refractivity (Wildman–Crippen MR) is 90.4 cm³/mol. The first-order valence-electron chi connectivity index (χ1n) is 8.66. The Kier molecular flexibility index (Phi) is 6.78. The highest BCUT2D eigenvalue weighted by Gasteiger charge is 2.35. The topological polar surface area (TPSA) is 87.5 Å². The van der Waals surface area contributed by atoms with Crippen molar-refractivity contribution in [2.45, 2.75) is 45.7 Å². The fourth-order valence-electron chi connectivity index (χ4n) is 3.29. The number of aromatic nitrogens is 2. The maximum atomic E-state index is 12.2. The molecule has 1 aromatic heterocycles. The molecule has 0 bridgehead atoms. The zero-order valence-electron chi connectivity index (χ0n) is 14.5. The number of carbonyl (C=O) groups excluding carboxylic acids is 1. The van der Waals surface area contributed by atoms with E-state index < -0.39 is 5.97 Å². The first kappa shape index (κ1) is 18.4. The van der Waals surface area contributed by atoms with E-state index >= 15 is 0 Å². The minimum Gasteiger partial charge on any atom is -0.481 e. The molecule has 24 heavy (non-hydrogen) atoms. The van der Waals surface area contributed by atoms with Crippen LogP contribution >= 0.6 is 0 Å². The Hall–Kier alpha value is -1.89. The molecule has 2 rings (SSSR count). The number of likely N-dealkylation sites (tertiary alicyclic amines) is 1. The van der Waals surface area contributed by atoms with E-state index in [0.29, 0.717) is 24.8 Å². The number of rotatable bonds is 9. The zero-order chi connectivity index (χ0) is 17.5. The van der Waals surface area contributed by atoms with Gasteiger partial charge >= 0.3 is 5.97 Å². The summed E-state index contributed by atoms with van der Waals surface area (Å²) in [6.07, 6.45) is 5.02. The predicted octanol–water partition coefficient (Wildman–Crippen LogP) is 1.21. The van der Waals surface area contributed by atoms with Crippen LogP contribution in [-0.4, -0.2) is 57.3 Å². The highest BCUT2D eigenvalue weighted by Crippen LogP contribution is 2.24. The number of carbonyl (C=O) groups is 2. The van der Waals surface area contributed by atoms with Gasteiger partial charge in [0.25, 0.3) is 0 Å². The van der Waals surface area contributed by atoms with E-state index in [2.05, 4.69) is 29.2 Å². The van der Waals surface area contributed by atoms with E-state index in [9.17, 15) is 9.59 Å². The lowest BCUT2D eigenvalue weighted by atomic mass is 9.91. The largest absolute Gasteiger partial charge is 0.481 e. The fourth-order valence-corrected chi connectivity index (χ4v) is 3.29. The molecule has 0 spiro atoms. The number of carboxylic acids is 1. The molecule has 134 valence electrons. The van der Waals surface area contributed by atoms with Gasteiger partial charge in [0.2, 0.25) is 5.91 Å². The van der Waals surface area contributed by atoms with Gasteiger partial charge in [0.1, 0.15) is 0 Å². The van der Waals surface area contributed by atoms with Crippen molar-refractivity contribution in [3.05, 3.63) is 18.5 Å². The Balaban J connectivity index is 1.77. The van der Waals surface area contributed by atoms with Gasteiger partial charge in [-0.05, 0) is 24.3 Å². The second kappa shape index (κ2) is 8.82. The molecule has 0 aliphatic carbocycles. The molecule has 0 unspecified atom stereocenters. The second-order valence-corrected chi connectivity index (χ2v) is 6.86. The molecule has 7 nitrogen and oxygen atoms in total. The fraction of sp³-hybridized carbons (Fsp3) is 0.706. The molecule has 2 N–H and O–H groups in total. The Morgan fingerprint density at radius 3 is 2.71 bits per heavy atom. The summed E-state index contributed by atoms with van der Waals surface area (Å²) >= 11 is 0. The lowest BCUT2D eigenvalue weighted by Crippen LogP contribution is -2.42. The van der Waals surface area contributed by atoms with Gasteiger partial charge in [0.05, 0.1) is 6.42 Å². The summed E-state index contributed by atoms with van der Waals surface area (Å²) in [4.78, 5) is 25.1. The van der Waals surface area contributed by atoms with Crippen LogP contribution in [-0.2, 0) is 16.1 Å². The average molecular weight is 336 g/mol. The molecule has 1 fully saturated rings. The van der Waals surface area contributed by atoms with Crippen LogP contribution in [0.5, 0.6) is 0 Å². The molecule has 1 aliphatic rings. The highest BCUT2D eigenvalue weighted by atomic mass is 16.4. The van der Waals surface area contributed by atoms with Gasteiger partial charge in [-0.25, -0.2) is 0 Å². The first-order valence-corrected chi connectivity index (χ1v) is 8.66. The zero-order valence-corrected chi connectivity index (χ0v) is 14.5. The van der Waals surface area contributed by atoms with Crippen LogP contribution in [0.25, 0.3) is 0 Å². The Morgan fingerprint density at radius 2 is 2.08 bits per heavy atom. The number of hydrogen-bond donors (Lipinski definition) is 2. The van der Waals surface area contributed by atoms with Crippen molar-refractivity contribution in [2.24, 2.45) is 11.8 Å². The number of nitrogens with zero attached hydrogens (tertiary/aromatic N) is 3. The summed E-state index contributed by atoms with van der Waals surface area (Å²) in [5.74, 6) is 0.114. The second-order valence-electron chi connectivity index (χ2n) is 6.86. The summed E-state index contributed by atoms with van der Waals surface area (Å²) in [6, 6.07) is 1.98. The quantitative estimate of drug-likeness (QED) is 0.708. The average Bonchev–Trinajstić information content (AvgIpc) is 3.14. The van der Waals surface area contributed by atoms with Crippen LogP contribution < -0.4 is 5.32 Å². The molecule has 1 saturated heterocycles. The van der Waals surface area contributed by atoms with Crippen LogP contribution in [0.3, 0.4) is 0 Å². The van der Waals surface area contributed by atoms with E-state index in [1.165, 1.54) is 0 Å². The molecule has 0 saturated carbocycles. The van der Waals surface area contributed by atoms with Gasteiger partial charge in [0.15, 0.2) is 0 Å². The normalized spacial score (nSPS) is 21.3. The minimum atomic E-state index is -0.776. The van der Waals surface area contributed by atoms with Gasteiger partial charge in [-0.15, -0.1) is 0 Å². The summed E-state index contributed by atoms with van der Waals surface area (Å²) in [5, 5.41) is 16.1. The van der Waals surface area contributed by atoms with Crippen molar-refractivity contribution < 1.29 is 14.7 Å². The molecule has 7 heteroatoms. The van der Waals surface area contributed by atoms with E-state index in [-0.39, 0.29) is 18.4 Å². The third kappa shape index (κ3) is 5.63. The van der Waals surface area contributed by atoms with Crippen molar-refractivity contribution in [1.29, 1.82) is 0 Å². The van der Waals surface area contributed by atoms with Crippen LogP contribution in [0.15, 0.2) is 18.5 Å². The first-order chi connectivity index (χ1) is 11.5. The maximum absolute atomic E-state index is 12.2. The SMILES string of the molecule is CC(C)[C@H]1CN(CCC(=O)O)C[C@@H]1NC(=O)CCCn1cccn1. The third-order valence-electron chi connectivity index (χ3n) is 4.64. The molecule has 0 radical (unpaired) electrons. The van der Waals surface area contributed by atoms with E-state index in [4.69, 9.17) is 5.11 Å². The molecule has 2 atom stereocenters. The molecular formula is C17H28N4O3. The van der Waals surface area contributed by atoms with Crippen LogP contribution in [0, 0.1) is 11.8 Å². The lowest BCUT2D eigenvalue weighted by Gasteiger charge is -2.23. The Labute approximate surface area is 143 Å². The van der Waals surface area contributed by atoms with Crippen molar-refractivity contribution in [2.75, 3.05) is 19.6 Å². The van der Waals surface area contributed by atoms with Crippen LogP contribution in [0.4, 0.5) is 0 Å². The van der Waals surface area contributed by atoms with Gasteiger partial charge in [-0.2, -0.15) is 5.10 Å². The lowest BCUT2D eigenvalue weighted by molar-refractivity contribution is -0.137. The van der Waals surface area contributed by atoms with Gasteiger partial charge < -0.3 is 15.3 Å². The maximum Gasteiger partial charge on any atom is 0.304 e. The molecular weight excluding hydrogens is 308 g/mol. The number of aliphatic carboxylic acids is 1. The number of amides is 1. The van der Waals surface area contributed by atoms with Gasteiger partial charge in [-0.3, -0.25) is 14.3 Å². The summed E-state index contributed by atoms with van der Waals surface area (Å²) in [7, 11) is 0. The van der Waals surface area contributed by atoms with Crippen LogP contribution in [0.2, 0.25) is 0 Å². The van der Waals surface area contributed by atoms with Crippen molar-refractivity contribution in [1.82, 2.24) is 20.0 Å². The smallest absolute Gasteiger partial charge is 0.304 e. The minimum absolute atomic E-state index is 0.0675. The van der Waals surface area contributed by atoms with Crippen molar-refractivity contribution >= 4 is 11.9 Å². The summed E-state index contributed by atoms with van der Waals surface area (Å²) in [6.45, 7) is 7.18. The molecule has 0 aromatic carbocycles. The van der Waals surface area contributed by atoms with Crippen molar-refractivity contribution in [3.8, 4) is 0 Å². The monoisotopic (exact) mass is 336 g/mol. The number of carboxylic acid groups (broad SMARTS) is 1. The molecule has 2 heterocycles. The third-order valence-corrected chi connectivity index (χ3v) is 4.64. The molecule has 1 amide bonds. The number of aryl methyl sites for hydroxylation is 1. The summed E-state index contributed by atoms with van der Waals surface area (Å²) < 4.78 is 1.83. The van der Waals surface area contributed by atoms with E-state index in [1.54, 1.807) is 6.20 Å². The van der Waals surface area contributed by atoms with E-state index in [0.717, 1.165) is 26.1 Å². The number of hydrogen-bond acceptors (Lipinski definition) is 4. The summed E-state index contributed by atoms with van der Waals surface area (Å²) in [5.41, 5.74) is 0. The number of nitrogens with one attached hydrogen (secondary N) is 1. The standard InChI is InChI=1S/C17H28N4O3/c1-13(2)14-11-20(10-6-17(23)24)12-15(14)19-16(22)5-3-8-21-9-4-7-18-21/h4,7,9,13-15H,3,5-6,8,10-12H2,1-2H3,(H,19,22)(H,23,24)/t14-,15+/m1/s1. The molecule has 1 aliphatic heterocycles. The Bertz CT molecular complexity index is 530. The van der Waals surface area contributed by atoms with Gasteiger partial charge in [0, 0.05) is 51.0 Å². The molecule has 1 aromatic rings. The highest BCUT2D eigenvalue weighted by molar-refractivity contribution is 5.76. The van der Waals surface area contributed by atoms with E-state index in [1.807, 2.05) is 16.9 Å². The van der Waals surface area contributed by atoms with Gasteiger partial charge in [-0.1, -0.05) is 13.8 Å².